The molecule has 2 aromatic rings. The number of ether oxygens (including phenoxy) is 1. The first-order valence-electron chi connectivity index (χ1n) is 8.43. The molecule has 1 aliphatic rings. The summed E-state index contributed by atoms with van der Waals surface area (Å²) in [6, 6.07) is 9.87. The molecule has 0 saturated carbocycles. The molecule has 1 atom stereocenters. The van der Waals surface area contributed by atoms with Crippen molar-refractivity contribution in [2.75, 3.05) is 4.90 Å². The molecule has 1 heterocycles. The van der Waals surface area contributed by atoms with E-state index in [1.165, 1.54) is 49.4 Å². The summed E-state index contributed by atoms with van der Waals surface area (Å²) < 4.78 is 18.7. The zero-order valence-corrected chi connectivity index (χ0v) is 15.1. The average molecular weight is 398 g/mol. The number of barbiturate groups is 1. The lowest BCUT2D eigenvalue weighted by Gasteiger charge is -2.26. The zero-order valence-electron chi connectivity index (χ0n) is 15.1. The van der Waals surface area contributed by atoms with Crippen molar-refractivity contribution in [2.24, 2.45) is 0 Å². The van der Waals surface area contributed by atoms with E-state index in [9.17, 15) is 23.6 Å². The van der Waals surface area contributed by atoms with Crippen LogP contribution >= 0.6 is 0 Å². The number of carbonyl (C=O) groups is 4. The number of urea groups is 1. The second-order valence-corrected chi connectivity index (χ2v) is 6.11. The van der Waals surface area contributed by atoms with E-state index in [4.69, 9.17) is 9.84 Å². The Morgan fingerprint density at radius 2 is 1.86 bits per heavy atom. The van der Waals surface area contributed by atoms with Gasteiger partial charge in [0.15, 0.2) is 6.10 Å². The minimum Gasteiger partial charge on any atom is -0.479 e. The highest BCUT2D eigenvalue weighted by atomic mass is 19.1. The Morgan fingerprint density at radius 3 is 2.48 bits per heavy atom. The Kier molecular flexibility index (Phi) is 5.40. The van der Waals surface area contributed by atoms with Crippen molar-refractivity contribution >= 4 is 35.6 Å². The van der Waals surface area contributed by atoms with E-state index in [2.05, 4.69) is 0 Å². The van der Waals surface area contributed by atoms with Crippen LogP contribution in [0.1, 0.15) is 12.5 Å². The Balaban J connectivity index is 1.87. The maximum absolute atomic E-state index is 13.5. The molecule has 2 N–H and O–H groups in total. The number of carboxylic acid groups (broad SMARTS) is 1. The van der Waals surface area contributed by atoms with E-state index in [1.807, 2.05) is 5.32 Å². The van der Waals surface area contributed by atoms with E-state index < -0.39 is 35.7 Å². The van der Waals surface area contributed by atoms with Gasteiger partial charge in [-0.3, -0.25) is 14.9 Å². The molecule has 29 heavy (non-hydrogen) atoms. The molecule has 0 bridgehead atoms. The van der Waals surface area contributed by atoms with E-state index in [-0.39, 0.29) is 17.0 Å². The van der Waals surface area contributed by atoms with Gasteiger partial charge >= 0.3 is 12.0 Å². The fourth-order valence-electron chi connectivity index (χ4n) is 2.57. The molecule has 2 aromatic carbocycles. The summed E-state index contributed by atoms with van der Waals surface area (Å²) in [6.45, 7) is 1.38. The van der Waals surface area contributed by atoms with Gasteiger partial charge in [0.25, 0.3) is 11.8 Å². The van der Waals surface area contributed by atoms with Gasteiger partial charge in [0.1, 0.15) is 17.1 Å². The highest BCUT2D eigenvalue weighted by molar-refractivity contribution is 6.39. The molecule has 1 aliphatic heterocycles. The lowest BCUT2D eigenvalue weighted by molar-refractivity contribution is -0.144. The summed E-state index contributed by atoms with van der Waals surface area (Å²) in [7, 11) is 0. The van der Waals surface area contributed by atoms with Gasteiger partial charge in [-0.05, 0) is 48.9 Å². The van der Waals surface area contributed by atoms with E-state index in [0.717, 1.165) is 12.1 Å². The maximum atomic E-state index is 13.5. The van der Waals surface area contributed by atoms with Crippen molar-refractivity contribution in [3.05, 3.63) is 65.5 Å². The lowest BCUT2D eigenvalue weighted by Crippen LogP contribution is -2.54. The molecule has 0 unspecified atom stereocenters. The number of halogens is 1. The second-order valence-electron chi connectivity index (χ2n) is 6.11. The molecular formula is C20H15FN2O6. The van der Waals surface area contributed by atoms with Crippen LogP contribution in [0.2, 0.25) is 0 Å². The van der Waals surface area contributed by atoms with Crippen LogP contribution in [0, 0.1) is 5.82 Å². The molecule has 1 fully saturated rings. The summed E-state index contributed by atoms with van der Waals surface area (Å²) >= 11 is 0. The molecule has 0 aromatic heterocycles. The number of carbonyl (C=O) groups excluding carboxylic acids is 3. The first-order valence-corrected chi connectivity index (χ1v) is 8.43. The van der Waals surface area contributed by atoms with Crippen molar-refractivity contribution in [1.82, 2.24) is 5.32 Å². The van der Waals surface area contributed by atoms with Gasteiger partial charge < -0.3 is 9.84 Å². The smallest absolute Gasteiger partial charge is 0.344 e. The molecular weight excluding hydrogens is 383 g/mol. The second kappa shape index (κ2) is 7.93. The van der Waals surface area contributed by atoms with Crippen molar-refractivity contribution in [1.29, 1.82) is 0 Å². The van der Waals surface area contributed by atoms with Crippen molar-refractivity contribution in [2.45, 2.75) is 13.0 Å². The van der Waals surface area contributed by atoms with E-state index in [1.54, 1.807) is 0 Å². The van der Waals surface area contributed by atoms with Crippen molar-refractivity contribution in [3.63, 3.8) is 0 Å². The molecule has 148 valence electrons. The average Bonchev–Trinajstić information content (AvgIpc) is 2.66. The van der Waals surface area contributed by atoms with Crippen LogP contribution in [0.25, 0.3) is 6.08 Å². The van der Waals surface area contributed by atoms with Crippen LogP contribution in [0.5, 0.6) is 5.75 Å². The van der Waals surface area contributed by atoms with Gasteiger partial charge in [0, 0.05) is 0 Å². The minimum atomic E-state index is -1.12. The van der Waals surface area contributed by atoms with Crippen LogP contribution in [-0.2, 0) is 14.4 Å². The molecule has 3 rings (SSSR count). The third-order valence-electron chi connectivity index (χ3n) is 4.02. The monoisotopic (exact) mass is 398 g/mol. The maximum Gasteiger partial charge on any atom is 0.344 e. The number of amides is 4. The van der Waals surface area contributed by atoms with Crippen LogP contribution in [0.4, 0.5) is 14.9 Å². The number of nitrogens with one attached hydrogen (secondary N) is 1. The molecule has 0 aliphatic carbocycles. The summed E-state index contributed by atoms with van der Waals surface area (Å²) in [5, 5.41) is 10.9. The highest BCUT2D eigenvalue weighted by Crippen LogP contribution is 2.23. The minimum absolute atomic E-state index is 0.0164. The molecule has 4 amide bonds. The van der Waals surface area contributed by atoms with E-state index >= 15 is 0 Å². The standard InChI is InChI=1S/C20H15FN2O6/c1-11(19(26)27)29-15-7-5-12(6-8-15)9-16-17(24)22-20(28)23(18(16)25)14-4-2-3-13(21)10-14/h2-11H,1H3,(H,26,27)(H,22,24,28)/b16-9+/t11-/m0/s1. The topological polar surface area (TPSA) is 113 Å². The number of hydrogen-bond donors (Lipinski definition) is 2. The Bertz CT molecular complexity index is 1030. The fourth-order valence-corrected chi connectivity index (χ4v) is 2.57. The lowest BCUT2D eigenvalue weighted by atomic mass is 10.1. The van der Waals surface area contributed by atoms with Gasteiger partial charge in [-0.25, -0.2) is 18.9 Å². The molecule has 9 heteroatoms. The summed E-state index contributed by atoms with van der Waals surface area (Å²) in [5.41, 5.74) is 0.103. The third kappa shape index (κ3) is 4.29. The SMILES string of the molecule is C[C@H](Oc1ccc(/C=C2\C(=O)NC(=O)N(c3cccc(F)c3)C2=O)cc1)C(=O)O. The largest absolute Gasteiger partial charge is 0.479 e. The van der Waals surface area contributed by atoms with Crippen LogP contribution < -0.4 is 15.0 Å². The number of carboxylic acids is 1. The van der Waals surface area contributed by atoms with Crippen molar-refractivity contribution < 1.29 is 33.4 Å². The number of benzene rings is 2. The molecule has 0 radical (unpaired) electrons. The zero-order chi connectivity index (χ0) is 21.1. The van der Waals surface area contributed by atoms with Gasteiger partial charge in [0.2, 0.25) is 0 Å². The van der Waals surface area contributed by atoms with Gasteiger partial charge in [-0.2, -0.15) is 0 Å². The summed E-state index contributed by atoms with van der Waals surface area (Å²) in [5.74, 6) is -3.26. The van der Waals surface area contributed by atoms with Gasteiger partial charge in [-0.1, -0.05) is 18.2 Å². The predicted octanol–water partition coefficient (Wildman–Crippen LogP) is 2.34. The fraction of sp³-hybridized carbons (Fsp3) is 0.100. The van der Waals surface area contributed by atoms with E-state index in [0.29, 0.717) is 10.5 Å². The Morgan fingerprint density at radius 1 is 1.17 bits per heavy atom. The first kappa shape index (κ1) is 19.7. The van der Waals surface area contributed by atoms with Gasteiger partial charge in [-0.15, -0.1) is 0 Å². The number of anilines is 1. The van der Waals surface area contributed by atoms with Crippen LogP contribution in [-0.4, -0.2) is 35.0 Å². The van der Waals surface area contributed by atoms with Crippen molar-refractivity contribution in [3.8, 4) is 5.75 Å². The number of imide groups is 2. The first-order chi connectivity index (χ1) is 13.8. The van der Waals surface area contributed by atoms with Crippen LogP contribution in [0.3, 0.4) is 0 Å². The molecule has 1 saturated heterocycles. The number of rotatable bonds is 5. The number of nitrogens with zero attached hydrogens (tertiary/aromatic N) is 1. The Labute approximate surface area is 164 Å². The number of hydrogen-bond acceptors (Lipinski definition) is 5. The third-order valence-corrected chi connectivity index (χ3v) is 4.02. The summed E-state index contributed by atoms with van der Waals surface area (Å²) in [6.07, 6.45) is 0.219. The predicted molar refractivity (Wildman–Crippen MR) is 99.6 cm³/mol. The molecule has 8 nitrogen and oxygen atoms in total. The normalized spacial score (nSPS) is 16.6. The van der Waals surface area contributed by atoms with Crippen LogP contribution in [0.15, 0.2) is 54.1 Å². The Hall–Kier alpha value is -4.01. The molecule has 0 spiro atoms. The number of aliphatic carboxylic acids is 1. The quantitative estimate of drug-likeness (QED) is 0.591. The highest BCUT2D eigenvalue weighted by Gasteiger charge is 2.36. The summed E-state index contributed by atoms with van der Waals surface area (Å²) in [4.78, 5) is 48.4. The van der Waals surface area contributed by atoms with Gasteiger partial charge in [0.05, 0.1) is 5.69 Å².